The van der Waals surface area contributed by atoms with Crippen molar-refractivity contribution in [1.29, 1.82) is 0 Å². The molecule has 0 fully saturated rings. The monoisotopic (exact) mass is 390 g/mol. The first-order valence-corrected chi connectivity index (χ1v) is 9.70. The van der Waals surface area contributed by atoms with Crippen molar-refractivity contribution in [3.63, 3.8) is 0 Å². The van der Waals surface area contributed by atoms with Crippen molar-refractivity contribution in [3.8, 4) is 16.9 Å². The third-order valence-corrected chi connectivity index (χ3v) is 4.90. The van der Waals surface area contributed by atoms with Crippen LogP contribution in [0.4, 0.5) is 0 Å². The van der Waals surface area contributed by atoms with Crippen LogP contribution in [0, 0.1) is 0 Å². The van der Waals surface area contributed by atoms with Crippen LogP contribution in [-0.4, -0.2) is 9.78 Å². The van der Waals surface area contributed by atoms with E-state index in [-0.39, 0.29) is 0 Å². The molecule has 0 spiro atoms. The van der Waals surface area contributed by atoms with E-state index in [1.807, 2.05) is 108 Å². The van der Waals surface area contributed by atoms with E-state index in [0.29, 0.717) is 16.8 Å². The van der Waals surface area contributed by atoms with Gasteiger partial charge in [0.05, 0.1) is 16.9 Å². The van der Waals surface area contributed by atoms with Gasteiger partial charge >= 0.3 is 5.63 Å². The number of aromatic nitrogens is 2. The van der Waals surface area contributed by atoms with Crippen LogP contribution in [0.3, 0.4) is 0 Å². The molecule has 0 saturated carbocycles. The fourth-order valence-corrected chi connectivity index (χ4v) is 3.41. The summed E-state index contributed by atoms with van der Waals surface area (Å²) in [5.74, 6) is 0. The molecule has 0 atom stereocenters. The average molecular weight is 390 g/mol. The molecular weight excluding hydrogens is 372 g/mol. The van der Waals surface area contributed by atoms with Crippen LogP contribution in [0.2, 0.25) is 0 Å². The van der Waals surface area contributed by atoms with E-state index >= 15 is 0 Å². The molecule has 5 aromatic rings. The van der Waals surface area contributed by atoms with Gasteiger partial charge in [-0.2, -0.15) is 5.10 Å². The highest BCUT2D eigenvalue weighted by atomic mass is 16.4. The average Bonchev–Trinajstić information content (AvgIpc) is 3.22. The van der Waals surface area contributed by atoms with Crippen LogP contribution >= 0.6 is 0 Å². The van der Waals surface area contributed by atoms with E-state index in [0.717, 1.165) is 22.3 Å². The normalized spacial score (nSPS) is 11.3. The van der Waals surface area contributed by atoms with E-state index in [1.54, 1.807) is 6.07 Å². The second kappa shape index (κ2) is 7.68. The Morgan fingerprint density at radius 3 is 2.27 bits per heavy atom. The highest BCUT2D eigenvalue weighted by Crippen LogP contribution is 2.24. The Morgan fingerprint density at radius 2 is 1.47 bits per heavy atom. The first-order valence-electron chi connectivity index (χ1n) is 9.70. The molecule has 0 aliphatic heterocycles. The molecule has 0 radical (unpaired) electrons. The molecule has 0 aliphatic carbocycles. The molecule has 144 valence electrons. The molecule has 2 aromatic heterocycles. The van der Waals surface area contributed by atoms with Gasteiger partial charge in [0, 0.05) is 5.39 Å². The molecule has 4 heteroatoms. The van der Waals surface area contributed by atoms with Gasteiger partial charge in [-0.25, -0.2) is 9.48 Å². The minimum atomic E-state index is -0.398. The smallest absolute Gasteiger partial charge is 0.345 e. The van der Waals surface area contributed by atoms with Gasteiger partial charge in [-0.1, -0.05) is 72.8 Å². The minimum Gasteiger partial charge on any atom is -0.422 e. The molecule has 0 unspecified atom stereocenters. The molecule has 4 nitrogen and oxygen atoms in total. The summed E-state index contributed by atoms with van der Waals surface area (Å²) < 4.78 is 7.35. The predicted octanol–water partition coefficient (Wildman–Crippen LogP) is 5.82. The van der Waals surface area contributed by atoms with Crippen LogP contribution in [-0.2, 0) is 0 Å². The zero-order valence-corrected chi connectivity index (χ0v) is 16.1. The lowest BCUT2D eigenvalue weighted by Crippen LogP contribution is -2.04. The van der Waals surface area contributed by atoms with Crippen molar-refractivity contribution in [2.24, 2.45) is 0 Å². The molecular formula is C26H18N2O2. The van der Waals surface area contributed by atoms with E-state index in [4.69, 9.17) is 9.52 Å². The van der Waals surface area contributed by atoms with Crippen molar-refractivity contribution in [2.75, 3.05) is 0 Å². The fourth-order valence-electron chi connectivity index (χ4n) is 3.41. The molecule has 0 amide bonds. The number of rotatable bonds is 4. The van der Waals surface area contributed by atoms with Crippen LogP contribution in [0.5, 0.6) is 0 Å². The zero-order chi connectivity index (χ0) is 20.3. The third kappa shape index (κ3) is 3.47. The van der Waals surface area contributed by atoms with Crippen molar-refractivity contribution in [2.45, 2.75) is 0 Å². The highest BCUT2D eigenvalue weighted by molar-refractivity contribution is 5.81. The lowest BCUT2D eigenvalue weighted by molar-refractivity contribution is 0.563. The molecule has 0 N–H and O–H groups in total. The zero-order valence-electron chi connectivity index (χ0n) is 16.1. The first-order chi connectivity index (χ1) is 14.8. The summed E-state index contributed by atoms with van der Waals surface area (Å²) in [5.41, 5.74) is 4.06. The van der Waals surface area contributed by atoms with E-state index < -0.39 is 5.63 Å². The van der Waals surface area contributed by atoms with Gasteiger partial charge in [0.1, 0.15) is 11.3 Å². The molecule has 0 saturated heterocycles. The largest absolute Gasteiger partial charge is 0.422 e. The Balaban J connectivity index is 1.65. The summed E-state index contributed by atoms with van der Waals surface area (Å²) in [6.45, 7) is 0. The summed E-state index contributed by atoms with van der Waals surface area (Å²) >= 11 is 0. The quantitative estimate of drug-likeness (QED) is 0.364. The molecule has 0 aliphatic rings. The second-order valence-electron chi connectivity index (χ2n) is 6.93. The standard InChI is InChI=1S/C26H18N2O2/c29-26-23(17-20-11-7-8-14-25(20)30-26)24-18-22(16-15-19-9-3-1-4-10-19)28(27-24)21-12-5-2-6-13-21/h1-18H/b16-15-. The third-order valence-electron chi connectivity index (χ3n) is 4.90. The Morgan fingerprint density at radius 1 is 0.767 bits per heavy atom. The van der Waals surface area contributed by atoms with Gasteiger partial charge in [-0.15, -0.1) is 0 Å². The molecule has 0 bridgehead atoms. The molecule has 5 rings (SSSR count). The van der Waals surface area contributed by atoms with Crippen molar-refractivity contribution in [1.82, 2.24) is 9.78 Å². The second-order valence-corrected chi connectivity index (χ2v) is 6.93. The Labute approximate surface area is 173 Å². The summed E-state index contributed by atoms with van der Waals surface area (Å²) in [7, 11) is 0. The first kappa shape index (κ1) is 17.9. The van der Waals surface area contributed by atoms with Crippen molar-refractivity contribution in [3.05, 3.63) is 119 Å². The minimum absolute atomic E-state index is 0.398. The SMILES string of the molecule is O=c1oc2ccccc2cc1-c1cc(/C=C\c2ccccc2)n(-c2ccccc2)n1. The van der Waals surface area contributed by atoms with Crippen LogP contribution in [0.1, 0.15) is 11.3 Å². The lowest BCUT2D eigenvalue weighted by atomic mass is 10.1. The lowest BCUT2D eigenvalue weighted by Gasteiger charge is -2.04. The number of hydrogen-bond donors (Lipinski definition) is 0. The van der Waals surface area contributed by atoms with Gasteiger partial charge in [-0.05, 0) is 42.0 Å². The van der Waals surface area contributed by atoms with Crippen LogP contribution in [0.25, 0.3) is 40.1 Å². The van der Waals surface area contributed by atoms with Gasteiger partial charge in [0.15, 0.2) is 0 Å². The van der Waals surface area contributed by atoms with Crippen LogP contribution < -0.4 is 5.63 Å². The number of benzene rings is 3. The molecule has 2 heterocycles. The van der Waals surface area contributed by atoms with Gasteiger partial charge in [0.25, 0.3) is 0 Å². The Kier molecular flexibility index (Phi) is 4.58. The molecule has 30 heavy (non-hydrogen) atoms. The number of hydrogen-bond acceptors (Lipinski definition) is 3. The number of nitrogens with zero attached hydrogens (tertiary/aromatic N) is 2. The summed E-state index contributed by atoms with van der Waals surface area (Å²) in [6, 6.07) is 31.2. The predicted molar refractivity (Wildman–Crippen MR) is 120 cm³/mol. The van der Waals surface area contributed by atoms with E-state index in [2.05, 4.69) is 0 Å². The molecule has 3 aromatic carbocycles. The Hall–Kier alpha value is -4.18. The maximum atomic E-state index is 12.6. The summed E-state index contributed by atoms with van der Waals surface area (Å²) in [5, 5.41) is 5.60. The maximum Gasteiger partial charge on any atom is 0.345 e. The fraction of sp³-hybridized carbons (Fsp3) is 0. The highest BCUT2D eigenvalue weighted by Gasteiger charge is 2.14. The van der Waals surface area contributed by atoms with Crippen molar-refractivity contribution >= 4 is 23.1 Å². The van der Waals surface area contributed by atoms with E-state index in [9.17, 15) is 4.79 Å². The van der Waals surface area contributed by atoms with Gasteiger partial charge in [0.2, 0.25) is 0 Å². The van der Waals surface area contributed by atoms with Crippen molar-refractivity contribution < 1.29 is 4.42 Å². The maximum absolute atomic E-state index is 12.6. The van der Waals surface area contributed by atoms with Gasteiger partial charge in [-0.3, -0.25) is 0 Å². The van der Waals surface area contributed by atoms with Crippen LogP contribution in [0.15, 0.2) is 106 Å². The summed E-state index contributed by atoms with van der Waals surface area (Å²) in [6.07, 6.45) is 4.03. The van der Waals surface area contributed by atoms with Gasteiger partial charge < -0.3 is 4.42 Å². The van der Waals surface area contributed by atoms with E-state index in [1.165, 1.54) is 0 Å². The summed E-state index contributed by atoms with van der Waals surface area (Å²) in [4.78, 5) is 12.6. The topological polar surface area (TPSA) is 48.0 Å². The number of para-hydroxylation sites is 2. The Bertz CT molecular complexity index is 1400. The number of fused-ring (bicyclic) bond motifs is 1.